The Bertz CT molecular complexity index is 1480. The molecule has 0 heterocycles. The maximum absolute atomic E-state index is 14.0. The third kappa shape index (κ3) is 9.72. The van der Waals surface area contributed by atoms with Gasteiger partial charge in [-0.3, -0.25) is 13.9 Å². The maximum Gasteiger partial charge on any atom is 0.243 e. The summed E-state index contributed by atoms with van der Waals surface area (Å²) in [6.45, 7) is 2.70. The van der Waals surface area contributed by atoms with Gasteiger partial charge in [0.05, 0.1) is 18.6 Å². The van der Waals surface area contributed by atoms with Crippen LogP contribution in [0.1, 0.15) is 56.6 Å². The number of carbonyl (C=O) groups excluding carboxylic acids is 2. The topological polar surface area (TPSA) is 96.0 Å². The highest BCUT2D eigenvalue weighted by atomic mass is 35.5. The minimum Gasteiger partial charge on any atom is -0.494 e. The van der Waals surface area contributed by atoms with Crippen molar-refractivity contribution in [3.8, 4) is 5.75 Å². The van der Waals surface area contributed by atoms with Gasteiger partial charge in [-0.05, 0) is 73.7 Å². The molecule has 1 unspecified atom stereocenters. The van der Waals surface area contributed by atoms with E-state index in [-0.39, 0.29) is 43.8 Å². The number of nitrogens with zero attached hydrogens (tertiary/aromatic N) is 2. The molecule has 4 rings (SSSR count). The van der Waals surface area contributed by atoms with E-state index >= 15 is 0 Å². The van der Waals surface area contributed by atoms with Crippen molar-refractivity contribution in [2.75, 3.05) is 23.7 Å². The van der Waals surface area contributed by atoms with Gasteiger partial charge in [0.2, 0.25) is 21.8 Å². The molecule has 8 nitrogen and oxygen atoms in total. The maximum atomic E-state index is 14.0. The molecule has 1 saturated carbocycles. The van der Waals surface area contributed by atoms with Crippen molar-refractivity contribution < 1.29 is 22.7 Å². The van der Waals surface area contributed by atoms with Gasteiger partial charge in [-0.15, -0.1) is 0 Å². The van der Waals surface area contributed by atoms with Gasteiger partial charge in [-0.2, -0.15) is 0 Å². The predicted octanol–water partition coefficient (Wildman–Crippen LogP) is 5.98. The highest BCUT2D eigenvalue weighted by Crippen LogP contribution is 2.24. The summed E-state index contributed by atoms with van der Waals surface area (Å²) in [4.78, 5) is 29.5. The van der Waals surface area contributed by atoms with Gasteiger partial charge in [0.15, 0.2) is 0 Å². The Balaban J connectivity index is 1.57. The van der Waals surface area contributed by atoms with Crippen LogP contribution in [-0.4, -0.2) is 56.6 Å². The van der Waals surface area contributed by atoms with Crippen molar-refractivity contribution >= 4 is 39.1 Å². The number of carbonyl (C=O) groups is 2. The highest BCUT2D eigenvalue weighted by Gasteiger charge is 2.32. The Kier molecular flexibility index (Phi) is 12.1. The first-order valence-corrected chi connectivity index (χ1v) is 17.5. The molecule has 1 aliphatic carbocycles. The Morgan fingerprint density at radius 2 is 1.66 bits per heavy atom. The molecule has 0 spiro atoms. The van der Waals surface area contributed by atoms with Crippen molar-refractivity contribution in [2.24, 2.45) is 0 Å². The molecule has 2 amide bonds. The molecule has 1 N–H and O–H groups in total. The van der Waals surface area contributed by atoms with Crippen molar-refractivity contribution in [3.05, 3.63) is 95.0 Å². The van der Waals surface area contributed by atoms with Crippen molar-refractivity contribution in [1.29, 1.82) is 0 Å². The van der Waals surface area contributed by atoms with Gasteiger partial charge < -0.3 is 15.0 Å². The number of hydrogen-bond donors (Lipinski definition) is 1. The van der Waals surface area contributed by atoms with Crippen LogP contribution < -0.4 is 14.4 Å². The monoisotopic (exact) mass is 639 g/mol. The molecule has 0 bridgehead atoms. The second-order valence-electron chi connectivity index (χ2n) is 11.2. The van der Waals surface area contributed by atoms with Crippen LogP contribution >= 0.6 is 11.6 Å². The van der Waals surface area contributed by atoms with Gasteiger partial charge >= 0.3 is 0 Å². The molecule has 10 heteroatoms. The molecule has 0 saturated heterocycles. The third-order valence-electron chi connectivity index (χ3n) is 7.80. The van der Waals surface area contributed by atoms with E-state index in [1.807, 2.05) is 49.4 Å². The van der Waals surface area contributed by atoms with Crippen LogP contribution in [0.2, 0.25) is 5.02 Å². The zero-order valence-corrected chi connectivity index (χ0v) is 27.0. The lowest BCUT2D eigenvalue weighted by Gasteiger charge is -2.33. The van der Waals surface area contributed by atoms with E-state index in [4.69, 9.17) is 16.3 Å². The molecule has 3 aromatic carbocycles. The first kappa shape index (κ1) is 33.3. The summed E-state index contributed by atoms with van der Waals surface area (Å²) in [5.74, 6) is 0.243. The molecule has 0 radical (unpaired) electrons. The van der Waals surface area contributed by atoms with E-state index in [0.29, 0.717) is 29.5 Å². The summed E-state index contributed by atoms with van der Waals surface area (Å²) in [6, 6.07) is 23.2. The molecule has 1 aliphatic rings. The molecule has 1 atom stereocenters. The molecule has 0 aliphatic heterocycles. The molecule has 0 aromatic heterocycles. The van der Waals surface area contributed by atoms with Crippen molar-refractivity contribution in [3.63, 3.8) is 0 Å². The number of ether oxygens (including phenoxy) is 1. The van der Waals surface area contributed by atoms with Crippen LogP contribution in [0, 0.1) is 0 Å². The summed E-state index contributed by atoms with van der Waals surface area (Å²) >= 11 is 6.29. The van der Waals surface area contributed by atoms with E-state index in [2.05, 4.69) is 5.32 Å². The van der Waals surface area contributed by atoms with Crippen molar-refractivity contribution in [1.82, 2.24) is 10.2 Å². The fraction of sp³-hybridized carbons (Fsp3) is 0.412. The van der Waals surface area contributed by atoms with Crippen LogP contribution in [0.5, 0.6) is 5.75 Å². The smallest absolute Gasteiger partial charge is 0.243 e. The Morgan fingerprint density at radius 1 is 0.977 bits per heavy atom. The Hall–Kier alpha value is -3.56. The van der Waals surface area contributed by atoms with Gasteiger partial charge in [-0.1, -0.05) is 66.9 Å². The zero-order valence-electron chi connectivity index (χ0n) is 25.5. The number of amides is 2. The predicted molar refractivity (Wildman–Crippen MR) is 175 cm³/mol. The Morgan fingerprint density at radius 3 is 2.30 bits per heavy atom. The number of rotatable bonds is 15. The molecule has 236 valence electrons. The quantitative estimate of drug-likeness (QED) is 0.221. The lowest BCUT2D eigenvalue weighted by molar-refractivity contribution is -0.141. The van der Waals surface area contributed by atoms with E-state index in [9.17, 15) is 18.0 Å². The van der Waals surface area contributed by atoms with E-state index in [1.165, 1.54) is 4.31 Å². The van der Waals surface area contributed by atoms with E-state index < -0.39 is 16.1 Å². The molecule has 3 aromatic rings. The zero-order chi connectivity index (χ0) is 31.5. The van der Waals surface area contributed by atoms with Crippen LogP contribution in [0.25, 0.3) is 0 Å². The first-order valence-electron chi connectivity index (χ1n) is 15.2. The fourth-order valence-electron chi connectivity index (χ4n) is 5.63. The van der Waals surface area contributed by atoms with Crippen molar-refractivity contribution in [2.45, 2.75) is 70.5 Å². The second kappa shape index (κ2) is 16.0. The lowest BCUT2D eigenvalue weighted by atomic mass is 10.0. The number of halogens is 1. The molecule has 1 fully saturated rings. The lowest BCUT2D eigenvalue weighted by Crippen LogP contribution is -2.52. The summed E-state index contributed by atoms with van der Waals surface area (Å²) in [5.41, 5.74) is 2.25. The SMILES string of the molecule is CCOc1ccc(N(CCCC(=O)N(Cc2cccc(Cl)c2)C(Cc2ccccc2)C(=O)NC2CCCC2)S(C)(=O)=O)cc1. The summed E-state index contributed by atoms with van der Waals surface area (Å²) in [5, 5.41) is 3.75. The van der Waals surface area contributed by atoms with Gasteiger partial charge in [0, 0.05) is 37.0 Å². The van der Waals surface area contributed by atoms with Crippen LogP contribution in [-0.2, 0) is 32.6 Å². The number of hydrogen-bond acceptors (Lipinski definition) is 5. The highest BCUT2D eigenvalue weighted by molar-refractivity contribution is 7.92. The number of benzene rings is 3. The Labute approximate surface area is 266 Å². The standard InChI is InChI=1S/C34H42ClN3O5S/c1-3-43-31-20-18-30(19-21-31)38(44(2,41)42)22-10-17-33(39)37(25-27-13-9-14-28(35)23-27)32(24-26-11-5-4-6-12-26)34(40)36-29-15-7-8-16-29/h4-6,9,11-14,18-21,23,29,32H,3,7-8,10,15-17,22,24-25H2,1-2H3,(H,36,40). The number of nitrogens with one attached hydrogen (secondary N) is 1. The molecule has 44 heavy (non-hydrogen) atoms. The largest absolute Gasteiger partial charge is 0.494 e. The number of anilines is 1. The average Bonchev–Trinajstić information content (AvgIpc) is 3.51. The minimum atomic E-state index is -3.61. The normalized spacial score (nSPS) is 14.2. The van der Waals surface area contributed by atoms with E-state index in [0.717, 1.165) is 43.1 Å². The third-order valence-corrected chi connectivity index (χ3v) is 9.23. The molecular weight excluding hydrogens is 598 g/mol. The van der Waals surface area contributed by atoms with Gasteiger partial charge in [-0.25, -0.2) is 8.42 Å². The van der Waals surface area contributed by atoms with Gasteiger partial charge in [0.25, 0.3) is 0 Å². The van der Waals surface area contributed by atoms with Crippen LogP contribution in [0.4, 0.5) is 5.69 Å². The average molecular weight is 640 g/mol. The minimum absolute atomic E-state index is 0.0611. The summed E-state index contributed by atoms with van der Waals surface area (Å²) in [6.07, 6.45) is 5.85. The fourth-order valence-corrected chi connectivity index (χ4v) is 6.81. The van der Waals surface area contributed by atoms with Crippen LogP contribution in [0.3, 0.4) is 0 Å². The van der Waals surface area contributed by atoms with Crippen LogP contribution in [0.15, 0.2) is 78.9 Å². The summed E-state index contributed by atoms with van der Waals surface area (Å²) in [7, 11) is -3.61. The first-order chi connectivity index (χ1) is 21.1. The summed E-state index contributed by atoms with van der Waals surface area (Å²) < 4.78 is 32.2. The van der Waals surface area contributed by atoms with E-state index in [1.54, 1.807) is 41.3 Å². The molecular formula is C34H42ClN3O5S. The number of sulfonamides is 1. The second-order valence-corrected chi connectivity index (χ2v) is 13.6. The van der Waals surface area contributed by atoms with Gasteiger partial charge in [0.1, 0.15) is 11.8 Å².